The number of H-pyrrole nitrogens is 1. The maximum atomic E-state index is 9.57. The minimum Gasteiger partial charge on any atom is -0.381 e. The summed E-state index contributed by atoms with van der Waals surface area (Å²) in [6.07, 6.45) is 6.28. The van der Waals surface area contributed by atoms with Gasteiger partial charge in [-0.25, -0.2) is 9.97 Å². The number of hydrogen-bond acceptors (Lipinski definition) is 10. The summed E-state index contributed by atoms with van der Waals surface area (Å²) < 4.78 is 11.4. The number of nitrogens with two attached hydrogens (primary N) is 1. The topological polar surface area (TPSA) is 132 Å². The number of piperidine rings is 1. The van der Waals surface area contributed by atoms with Gasteiger partial charge in [0.2, 0.25) is 0 Å². The standard InChI is InChI=1S/C28H35N9O2/c1-17-25(30)28(16-39-17)5-7-35(8-6-28)23-15-31-24-26(32-23)33-34-27(24)37-10-9-36(19-12-20(13-19)38-2)22-11-18(14-29)3-4-21(22)37/h3-4,11,15,17,19-20,25H,5-10,12-13,16,30H2,1-2H3,(H,32,33,34)/t17-,19?,20?,25+/m0/s1. The average molecular weight is 530 g/mol. The van der Waals surface area contributed by atoms with Crippen molar-refractivity contribution in [2.45, 2.75) is 56.9 Å². The predicted octanol–water partition coefficient (Wildman–Crippen LogP) is 2.69. The summed E-state index contributed by atoms with van der Waals surface area (Å²) in [4.78, 5) is 16.7. The van der Waals surface area contributed by atoms with E-state index in [2.05, 4.69) is 37.9 Å². The molecular weight excluding hydrogens is 494 g/mol. The highest BCUT2D eigenvalue weighted by molar-refractivity contribution is 5.90. The number of aromatic nitrogens is 4. The summed E-state index contributed by atoms with van der Waals surface area (Å²) >= 11 is 0. The second-order valence-electron chi connectivity index (χ2n) is 11.5. The van der Waals surface area contributed by atoms with Crippen molar-refractivity contribution in [2.24, 2.45) is 11.1 Å². The average Bonchev–Trinajstić information content (AvgIpc) is 3.49. The zero-order valence-electron chi connectivity index (χ0n) is 22.5. The number of aromatic amines is 1. The maximum absolute atomic E-state index is 9.57. The van der Waals surface area contributed by atoms with Gasteiger partial charge < -0.3 is 29.9 Å². The third kappa shape index (κ3) is 3.92. The van der Waals surface area contributed by atoms with E-state index < -0.39 is 0 Å². The van der Waals surface area contributed by atoms with E-state index >= 15 is 0 Å². The Morgan fingerprint density at radius 3 is 2.72 bits per heavy atom. The summed E-state index contributed by atoms with van der Waals surface area (Å²) in [5.74, 6) is 1.62. The first-order valence-electron chi connectivity index (χ1n) is 13.9. The van der Waals surface area contributed by atoms with Crippen LogP contribution in [0.2, 0.25) is 0 Å². The molecule has 204 valence electrons. The zero-order valence-corrected chi connectivity index (χ0v) is 22.5. The van der Waals surface area contributed by atoms with Gasteiger partial charge in [0.25, 0.3) is 0 Å². The summed E-state index contributed by atoms with van der Waals surface area (Å²) in [6.45, 7) is 6.19. The Balaban J connectivity index is 1.14. The molecule has 0 amide bonds. The fourth-order valence-electron chi connectivity index (χ4n) is 6.86. The molecule has 0 radical (unpaired) electrons. The third-order valence-electron chi connectivity index (χ3n) is 9.54. The van der Waals surface area contributed by atoms with Gasteiger partial charge in [0.1, 0.15) is 5.82 Å². The van der Waals surface area contributed by atoms with E-state index in [1.807, 2.05) is 24.4 Å². The Bertz CT molecular complexity index is 1420. The summed E-state index contributed by atoms with van der Waals surface area (Å²) in [7, 11) is 1.78. The zero-order chi connectivity index (χ0) is 26.7. The number of nitriles is 1. The number of fused-ring (bicyclic) bond motifs is 2. The number of anilines is 4. The van der Waals surface area contributed by atoms with Gasteiger partial charge in [0.15, 0.2) is 17.0 Å². The fourth-order valence-corrected chi connectivity index (χ4v) is 6.86. The molecule has 1 spiro atoms. The van der Waals surface area contributed by atoms with Crippen LogP contribution in [-0.2, 0) is 9.47 Å². The molecule has 3 fully saturated rings. The highest BCUT2D eigenvalue weighted by atomic mass is 16.5. The van der Waals surface area contributed by atoms with Gasteiger partial charge >= 0.3 is 0 Å². The van der Waals surface area contributed by atoms with Gasteiger partial charge in [-0.3, -0.25) is 5.10 Å². The maximum Gasteiger partial charge on any atom is 0.183 e. The van der Waals surface area contributed by atoms with Crippen LogP contribution in [0, 0.1) is 16.7 Å². The van der Waals surface area contributed by atoms with Crippen molar-refractivity contribution in [1.82, 2.24) is 20.2 Å². The van der Waals surface area contributed by atoms with E-state index in [9.17, 15) is 5.26 Å². The molecule has 39 heavy (non-hydrogen) atoms. The monoisotopic (exact) mass is 529 g/mol. The summed E-state index contributed by atoms with van der Waals surface area (Å²) in [5.41, 5.74) is 10.8. The first-order valence-corrected chi connectivity index (χ1v) is 13.9. The van der Waals surface area contributed by atoms with E-state index in [-0.39, 0.29) is 17.6 Å². The molecule has 2 aromatic heterocycles. The molecule has 0 bridgehead atoms. The van der Waals surface area contributed by atoms with Gasteiger partial charge in [-0.15, -0.1) is 0 Å². The van der Waals surface area contributed by atoms with Crippen LogP contribution in [0.1, 0.15) is 38.2 Å². The van der Waals surface area contributed by atoms with Crippen LogP contribution >= 0.6 is 0 Å². The van der Waals surface area contributed by atoms with E-state index in [0.29, 0.717) is 23.4 Å². The van der Waals surface area contributed by atoms with Crippen LogP contribution in [0.3, 0.4) is 0 Å². The highest BCUT2D eigenvalue weighted by Crippen LogP contribution is 2.44. The summed E-state index contributed by atoms with van der Waals surface area (Å²) in [6, 6.07) is 8.69. The first kappa shape index (κ1) is 24.6. The van der Waals surface area contributed by atoms with Gasteiger partial charge in [0, 0.05) is 50.8 Å². The smallest absolute Gasteiger partial charge is 0.183 e. The number of methoxy groups -OCH3 is 1. The Hall–Kier alpha value is -3.46. The van der Waals surface area contributed by atoms with Crippen LogP contribution in [0.15, 0.2) is 24.4 Å². The molecule has 7 rings (SSSR count). The quantitative estimate of drug-likeness (QED) is 0.520. The number of rotatable bonds is 4. The third-order valence-corrected chi connectivity index (χ3v) is 9.54. The SMILES string of the molecule is COC1CC(N2CCN(c3n[nH]c4nc(N5CCC6(CC5)CO[C@@H](C)[C@H]6N)cnc34)c3ccc(C#N)cc32)C1. The Morgan fingerprint density at radius 2 is 2.00 bits per heavy atom. The van der Waals surface area contributed by atoms with Crippen LogP contribution in [0.4, 0.5) is 23.0 Å². The van der Waals surface area contributed by atoms with Crippen molar-refractivity contribution in [3.05, 3.63) is 30.0 Å². The number of nitrogens with one attached hydrogen (secondary N) is 1. The second-order valence-corrected chi connectivity index (χ2v) is 11.5. The van der Waals surface area contributed by atoms with Crippen molar-refractivity contribution < 1.29 is 9.47 Å². The van der Waals surface area contributed by atoms with Gasteiger partial charge in [0.05, 0.1) is 48.0 Å². The number of ether oxygens (including phenoxy) is 2. The van der Waals surface area contributed by atoms with Crippen LogP contribution in [0.5, 0.6) is 0 Å². The normalized spacial score (nSPS) is 28.0. The molecule has 0 unspecified atom stereocenters. The van der Waals surface area contributed by atoms with Crippen molar-refractivity contribution >= 4 is 34.2 Å². The molecular formula is C28H35N9O2. The molecule has 1 saturated carbocycles. The lowest BCUT2D eigenvalue weighted by Crippen LogP contribution is -2.52. The van der Waals surface area contributed by atoms with Crippen LogP contribution in [0.25, 0.3) is 11.2 Å². The lowest BCUT2D eigenvalue weighted by molar-refractivity contribution is 0.0253. The second kappa shape index (κ2) is 9.33. The van der Waals surface area contributed by atoms with Crippen molar-refractivity contribution in [1.29, 1.82) is 5.26 Å². The minimum absolute atomic E-state index is 0.0690. The van der Waals surface area contributed by atoms with Gasteiger partial charge in [-0.2, -0.15) is 10.4 Å². The Morgan fingerprint density at radius 1 is 1.18 bits per heavy atom. The highest BCUT2D eigenvalue weighted by Gasteiger charge is 2.47. The molecule has 3 aromatic rings. The molecule has 4 aliphatic rings. The van der Waals surface area contributed by atoms with E-state index in [1.54, 1.807) is 7.11 Å². The van der Waals surface area contributed by atoms with Crippen LogP contribution < -0.4 is 20.4 Å². The molecule has 11 heteroatoms. The van der Waals surface area contributed by atoms with Crippen molar-refractivity contribution in [2.75, 3.05) is 54.6 Å². The number of nitrogens with zero attached hydrogens (tertiary/aromatic N) is 7. The van der Waals surface area contributed by atoms with E-state index in [0.717, 1.165) is 87.0 Å². The molecule has 5 heterocycles. The molecule has 2 saturated heterocycles. The molecule has 1 aliphatic carbocycles. The van der Waals surface area contributed by atoms with Crippen molar-refractivity contribution in [3.8, 4) is 6.07 Å². The molecule has 1 aromatic carbocycles. The van der Waals surface area contributed by atoms with Crippen LogP contribution in [-0.4, -0.2) is 84.4 Å². The summed E-state index contributed by atoms with van der Waals surface area (Å²) in [5, 5.41) is 17.4. The molecule has 3 N–H and O–H groups in total. The minimum atomic E-state index is 0.0690. The fraction of sp³-hybridized carbons (Fsp3) is 0.571. The van der Waals surface area contributed by atoms with E-state index in [4.69, 9.17) is 25.2 Å². The predicted molar refractivity (Wildman–Crippen MR) is 148 cm³/mol. The number of benzene rings is 1. The van der Waals surface area contributed by atoms with Gasteiger partial charge in [-0.05, 0) is 50.8 Å². The Labute approximate surface area is 227 Å². The largest absolute Gasteiger partial charge is 0.381 e. The Kier molecular flexibility index (Phi) is 5.88. The van der Waals surface area contributed by atoms with E-state index in [1.165, 1.54) is 0 Å². The molecule has 2 atom stereocenters. The lowest BCUT2D eigenvalue weighted by Gasteiger charge is -2.47. The number of hydrogen-bond donors (Lipinski definition) is 2. The lowest BCUT2D eigenvalue weighted by atomic mass is 9.73. The molecule has 11 nitrogen and oxygen atoms in total. The molecule has 3 aliphatic heterocycles. The van der Waals surface area contributed by atoms with Crippen molar-refractivity contribution in [3.63, 3.8) is 0 Å². The first-order chi connectivity index (χ1) is 19.0. The van der Waals surface area contributed by atoms with Gasteiger partial charge in [-0.1, -0.05) is 0 Å².